The second-order valence-electron chi connectivity index (χ2n) is 5.55. The van der Waals surface area contributed by atoms with Gasteiger partial charge in [0.2, 0.25) is 0 Å². The molecular weight excluding hydrogens is 276 g/mol. The van der Waals surface area contributed by atoms with Crippen molar-refractivity contribution in [2.45, 2.75) is 38.8 Å². The highest BCUT2D eigenvalue weighted by Crippen LogP contribution is 2.31. The van der Waals surface area contributed by atoms with Gasteiger partial charge >= 0.3 is 0 Å². The Morgan fingerprint density at radius 2 is 2.10 bits per heavy atom. The molecule has 3 rings (SSSR count). The van der Waals surface area contributed by atoms with Gasteiger partial charge < -0.3 is 15.4 Å². The van der Waals surface area contributed by atoms with Crippen molar-refractivity contribution in [1.82, 2.24) is 10.6 Å². The first kappa shape index (κ1) is 15.1. The summed E-state index contributed by atoms with van der Waals surface area (Å²) in [6, 6.07) is 4.42. The Morgan fingerprint density at radius 3 is 2.80 bits per heavy atom. The van der Waals surface area contributed by atoms with Crippen LogP contribution in [0.1, 0.15) is 23.1 Å². The fraction of sp³-hybridized carbons (Fsp3) is 0.533. The number of benzene rings is 1. The highest BCUT2D eigenvalue weighted by molar-refractivity contribution is 5.85. The van der Waals surface area contributed by atoms with Crippen molar-refractivity contribution in [3.63, 3.8) is 0 Å². The van der Waals surface area contributed by atoms with Gasteiger partial charge in [-0.25, -0.2) is 0 Å². The molecule has 0 aliphatic carbocycles. The number of hydrogen-bond donors (Lipinski definition) is 2. The lowest BCUT2D eigenvalue weighted by Crippen LogP contribution is -2.44. The van der Waals surface area contributed by atoms with Crippen LogP contribution < -0.4 is 15.4 Å². The minimum atomic E-state index is -0.364. The van der Waals surface area contributed by atoms with Crippen molar-refractivity contribution in [1.29, 1.82) is 0 Å². The lowest BCUT2D eigenvalue weighted by Gasteiger charge is -2.15. The highest BCUT2D eigenvalue weighted by atomic mass is 35.5. The Balaban J connectivity index is 0.00000147. The van der Waals surface area contributed by atoms with Crippen LogP contribution in [0, 0.1) is 13.8 Å². The average Bonchev–Trinajstić information content (AvgIpc) is 2.99. The number of fused-ring (bicyclic) bond motifs is 1. The van der Waals surface area contributed by atoms with Crippen LogP contribution in [0.2, 0.25) is 0 Å². The summed E-state index contributed by atoms with van der Waals surface area (Å²) in [5, 5.41) is 6.30. The first-order valence-electron chi connectivity index (χ1n) is 6.91. The van der Waals surface area contributed by atoms with Gasteiger partial charge in [0.1, 0.15) is 5.75 Å². The molecule has 20 heavy (non-hydrogen) atoms. The van der Waals surface area contributed by atoms with Gasteiger partial charge in [-0.15, -0.1) is 12.4 Å². The predicted molar refractivity (Wildman–Crippen MR) is 80.7 cm³/mol. The Kier molecular flexibility index (Phi) is 4.55. The van der Waals surface area contributed by atoms with E-state index in [0.29, 0.717) is 6.42 Å². The Labute approximate surface area is 125 Å². The molecule has 0 saturated carbocycles. The van der Waals surface area contributed by atoms with E-state index in [0.717, 1.165) is 30.8 Å². The quantitative estimate of drug-likeness (QED) is 0.870. The molecule has 1 fully saturated rings. The second kappa shape index (κ2) is 6.02. The van der Waals surface area contributed by atoms with E-state index in [-0.39, 0.29) is 30.5 Å². The summed E-state index contributed by atoms with van der Waals surface area (Å²) >= 11 is 0. The molecular formula is C15H21ClN2O2. The van der Waals surface area contributed by atoms with E-state index >= 15 is 0 Å². The van der Waals surface area contributed by atoms with Crippen LogP contribution in [0.25, 0.3) is 0 Å². The molecule has 1 amide bonds. The van der Waals surface area contributed by atoms with Crippen molar-refractivity contribution >= 4 is 18.3 Å². The summed E-state index contributed by atoms with van der Waals surface area (Å²) < 4.78 is 5.78. The summed E-state index contributed by atoms with van der Waals surface area (Å²) in [4.78, 5) is 12.2. The third-order valence-electron chi connectivity index (χ3n) is 4.05. The first-order valence-corrected chi connectivity index (χ1v) is 6.91. The monoisotopic (exact) mass is 296 g/mol. The van der Waals surface area contributed by atoms with Gasteiger partial charge in [0.15, 0.2) is 6.10 Å². The van der Waals surface area contributed by atoms with Crippen molar-refractivity contribution in [3.8, 4) is 5.75 Å². The summed E-state index contributed by atoms with van der Waals surface area (Å²) in [5.41, 5.74) is 3.61. The fourth-order valence-corrected chi connectivity index (χ4v) is 2.73. The SMILES string of the molecule is Cc1cc2c(cc1C)OC(C(=O)NC1CCNC1)C2.Cl. The maximum absolute atomic E-state index is 12.2. The number of amides is 1. The Bertz CT molecular complexity index is 482. The van der Waals surface area contributed by atoms with Crippen LogP contribution in [-0.4, -0.2) is 31.1 Å². The summed E-state index contributed by atoms with van der Waals surface area (Å²) in [5.74, 6) is 0.882. The van der Waals surface area contributed by atoms with Gasteiger partial charge in [-0.3, -0.25) is 4.79 Å². The molecule has 2 unspecified atom stereocenters. The molecule has 5 heteroatoms. The van der Waals surface area contributed by atoms with Crippen LogP contribution >= 0.6 is 12.4 Å². The van der Waals surface area contributed by atoms with Crippen LogP contribution in [-0.2, 0) is 11.2 Å². The third kappa shape index (κ3) is 2.91. The van der Waals surface area contributed by atoms with Gasteiger partial charge in [0, 0.05) is 19.0 Å². The zero-order valence-electron chi connectivity index (χ0n) is 11.9. The first-order chi connectivity index (χ1) is 9.13. The van der Waals surface area contributed by atoms with Crippen LogP contribution in [0.15, 0.2) is 12.1 Å². The number of halogens is 1. The average molecular weight is 297 g/mol. The summed E-state index contributed by atoms with van der Waals surface area (Å²) in [6.45, 7) is 6.00. The standard InChI is InChI=1S/C15H20N2O2.ClH/c1-9-5-11-7-14(19-13(11)6-10(9)2)15(18)17-12-3-4-16-8-12;/h5-6,12,14,16H,3-4,7-8H2,1-2H3,(H,17,18);1H. The van der Waals surface area contributed by atoms with Gasteiger partial charge in [0.25, 0.3) is 5.91 Å². The van der Waals surface area contributed by atoms with E-state index in [1.807, 2.05) is 6.07 Å². The largest absolute Gasteiger partial charge is 0.480 e. The molecule has 1 aromatic carbocycles. The van der Waals surface area contributed by atoms with Crippen molar-refractivity contribution in [3.05, 3.63) is 28.8 Å². The topological polar surface area (TPSA) is 50.4 Å². The zero-order chi connectivity index (χ0) is 13.4. The maximum Gasteiger partial charge on any atom is 0.261 e. The normalized spacial score (nSPS) is 23.7. The minimum Gasteiger partial charge on any atom is -0.480 e. The molecule has 4 nitrogen and oxygen atoms in total. The second-order valence-corrected chi connectivity index (χ2v) is 5.55. The van der Waals surface area contributed by atoms with E-state index in [2.05, 4.69) is 30.5 Å². The molecule has 110 valence electrons. The molecule has 2 N–H and O–H groups in total. The predicted octanol–water partition coefficient (Wildman–Crippen LogP) is 1.51. The Morgan fingerprint density at radius 1 is 1.35 bits per heavy atom. The smallest absolute Gasteiger partial charge is 0.261 e. The molecule has 0 aromatic heterocycles. The Hall–Kier alpha value is -1.26. The van der Waals surface area contributed by atoms with E-state index < -0.39 is 0 Å². The van der Waals surface area contributed by atoms with Crippen LogP contribution in [0.4, 0.5) is 0 Å². The lowest BCUT2D eigenvalue weighted by atomic mass is 10.0. The van der Waals surface area contributed by atoms with Crippen molar-refractivity contribution < 1.29 is 9.53 Å². The lowest BCUT2D eigenvalue weighted by molar-refractivity contribution is -0.127. The number of aryl methyl sites for hydroxylation is 2. The molecule has 0 radical (unpaired) electrons. The van der Waals surface area contributed by atoms with Crippen LogP contribution in [0.5, 0.6) is 5.75 Å². The molecule has 1 saturated heterocycles. The van der Waals surface area contributed by atoms with Crippen molar-refractivity contribution in [2.24, 2.45) is 0 Å². The summed E-state index contributed by atoms with van der Waals surface area (Å²) in [7, 11) is 0. The number of hydrogen-bond acceptors (Lipinski definition) is 3. The zero-order valence-corrected chi connectivity index (χ0v) is 12.7. The highest BCUT2D eigenvalue weighted by Gasteiger charge is 2.31. The number of ether oxygens (including phenoxy) is 1. The fourth-order valence-electron chi connectivity index (χ4n) is 2.73. The van der Waals surface area contributed by atoms with Gasteiger partial charge in [-0.05, 0) is 49.6 Å². The molecule has 0 bridgehead atoms. The van der Waals surface area contributed by atoms with Crippen molar-refractivity contribution in [2.75, 3.05) is 13.1 Å². The van der Waals surface area contributed by atoms with E-state index in [4.69, 9.17) is 4.74 Å². The molecule has 0 spiro atoms. The molecule has 2 aliphatic heterocycles. The maximum atomic E-state index is 12.2. The number of carbonyl (C=O) groups excluding carboxylic acids is 1. The van der Waals surface area contributed by atoms with Gasteiger partial charge in [0.05, 0.1) is 0 Å². The van der Waals surface area contributed by atoms with E-state index in [1.54, 1.807) is 0 Å². The van der Waals surface area contributed by atoms with E-state index in [1.165, 1.54) is 11.1 Å². The third-order valence-corrected chi connectivity index (χ3v) is 4.05. The number of nitrogens with one attached hydrogen (secondary N) is 2. The van der Waals surface area contributed by atoms with Gasteiger partial charge in [-0.2, -0.15) is 0 Å². The van der Waals surface area contributed by atoms with E-state index in [9.17, 15) is 4.79 Å². The van der Waals surface area contributed by atoms with Crippen LogP contribution in [0.3, 0.4) is 0 Å². The van der Waals surface area contributed by atoms with Gasteiger partial charge in [-0.1, -0.05) is 6.07 Å². The molecule has 2 aliphatic rings. The number of carbonyl (C=O) groups is 1. The molecule has 2 heterocycles. The molecule has 1 aromatic rings. The minimum absolute atomic E-state index is 0. The summed E-state index contributed by atoms with van der Waals surface area (Å²) in [6.07, 6.45) is 1.32. The molecule has 2 atom stereocenters. The number of rotatable bonds is 2.